The molecular formula is C16H15N5O2. The third-order valence-electron chi connectivity index (χ3n) is 3.15. The number of benzene rings is 1. The summed E-state index contributed by atoms with van der Waals surface area (Å²) in [7, 11) is 1.55. The van der Waals surface area contributed by atoms with Crippen molar-refractivity contribution in [1.82, 2.24) is 20.5 Å². The third-order valence-corrected chi connectivity index (χ3v) is 3.15. The predicted molar refractivity (Wildman–Crippen MR) is 84.7 cm³/mol. The lowest BCUT2D eigenvalue weighted by atomic mass is 10.2. The molecule has 7 heteroatoms. The highest BCUT2D eigenvalue weighted by Crippen LogP contribution is 2.18. The largest absolute Gasteiger partial charge is 0.444 e. The molecule has 1 amide bonds. The Morgan fingerprint density at radius 1 is 1.13 bits per heavy atom. The zero-order chi connectivity index (χ0) is 16.1. The Balaban J connectivity index is 1.63. The van der Waals surface area contributed by atoms with Crippen LogP contribution in [-0.4, -0.2) is 28.1 Å². The summed E-state index contributed by atoms with van der Waals surface area (Å²) in [6.45, 7) is 0.449. The number of carbonyl (C=O) groups excluding carboxylic acids is 1. The molecule has 0 fully saturated rings. The molecule has 0 radical (unpaired) electrons. The van der Waals surface area contributed by atoms with E-state index in [-0.39, 0.29) is 11.6 Å². The minimum atomic E-state index is -0.270. The van der Waals surface area contributed by atoms with E-state index in [1.54, 1.807) is 25.4 Å². The first kappa shape index (κ1) is 14.7. The number of rotatable bonds is 5. The third kappa shape index (κ3) is 3.52. The highest BCUT2D eigenvalue weighted by Gasteiger charge is 2.08. The molecule has 3 aromatic rings. The summed E-state index contributed by atoms with van der Waals surface area (Å²) in [5.41, 5.74) is 1.94. The van der Waals surface area contributed by atoms with Gasteiger partial charge in [0.25, 0.3) is 5.91 Å². The van der Waals surface area contributed by atoms with E-state index in [4.69, 9.17) is 4.42 Å². The second kappa shape index (κ2) is 6.69. The Bertz CT molecular complexity index is 784. The van der Waals surface area contributed by atoms with Crippen molar-refractivity contribution in [2.75, 3.05) is 12.4 Å². The van der Waals surface area contributed by atoms with Crippen LogP contribution >= 0.6 is 0 Å². The molecule has 7 nitrogen and oxygen atoms in total. The molecule has 0 aliphatic carbocycles. The van der Waals surface area contributed by atoms with Gasteiger partial charge >= 0.3 is 0 Å². The Kier molecular flexibility index (Phi) is 4.28. The second-order valence-electron chi connectivity index (χ2n) is 4.75. The van der Waals surface area contributed by atoms with Gasteiger partial charge in [0.1, 0.15) is 12.1 Å². The number of carbonyl (C=O) groups is 1. The smallest absolute Gasteiger partial charge is 0.271 e. The van der Waals surface area contributed by atoms with E-state index in [0.717, 1.165) is 11.3 Å². The van der Waals surface area contributed by atoms with Crippen LogP contribution in [0.4, 0.5) is 5.82 Å². The highest BCUT2D eigenvalue weighted by atomic mass is 16.3. The quantitative estimate of drug-likeness (QED) is 0.750. The van der Waals surface area contributed by atoms with Crippen molar-refractivity contribution < 1.29 is 9.21 Å². The van der Waals surface area contributed by atoms with Gasteiger partial charge in [-0.05, 0) is 24.3 Å². The number of oxazole rings is 1. The van der Waals surface area contributed by atoms with Crippen LogP contribution in [0.5, 0.6) is 0 Å². The average molecular weight is 309 g/mol. The van der Waals surface area contributed by atoms with Crippen LogP contribution in [0.3, 0.4) is 0 Å². The van der Waals surface area contributed by atoms with Crippen molar-refractivity contribution in [1.29, 1.82) is 0 Å². The van der Waals surface area contributed by atoms with Gasteiger partial charge < -0.3 is 15.1 Å². The number of amides is 1. The maximum Gasteiger partial charge on any atom is 0.271 e. The van der Waals surface area contributed by atoms with Gasteiger partial charge in [0, 0.05) is 12.6 Å². The van der Waals surface area contributed by atoms with E-state index in [1.807, 2.05) is 30.3 Å². The van der Waals surface area contributed by atoms with Crippen molar-refractivity contribution in [3.8, 4) is 11.5 Å². The molecule has 0 unspecified atom stereocenters. The molecule has 0 spiro atoms. The monoisotopic (exact) mass is 309 g/mol. The number of hydrogen-bond acceptors (Lipinski definition) is 6. The van der Waals surface area contributed by atoms with Gasteiger partial charge in [-0.1, -0.05) is 18.2 Å². The van der Waals surface area contributed by atoms with Crippen LogP contribution in [0.25, 0.3) is 11.5 Å². The number of nitrogens with one attached hydrogen (secondary N) is 2. The highest BCUT2D eigenvalue weighted by molar-refractivity contribution is 5.91. The summed E-state index contributed by atoms with van der Waals surface area (Å²) in [6.07, 6.45) is 1.60. The fourth-order valence-electron chi connectivity index (χ4n) is 1.96. The number of anilines is 1. The van der Waals surface area contributed by atoms with Crippen molar-refractivity contribution in [2.24, 2.45) is 0 Å². The molecule has 116 valence electrons. The van der Waals surface area contributed by atoms with E-state index in [9.17, 15) is 4.79 Å². The van der Waals surface area contributed by atoms with Gasteiger partial charge in [-0.25, -0.2) is 4.98 Å². The number of nitrogens with zero attached hydrogens (tertiary/aromatic N) is 3. The molecule has 2 heterocycles. The van der Waals surface area contributed by atoms with Crippen LogP contribution in [0, 0.1) is 0 Å². The number of hydrogen-bond donors (Lipinski definition) is 2. The van der Waals surface area contributed by atoms with E-state index in [1.165, 1.54) is 0 Å². The summed E-state index contributed by atoms with van der Waals surface area (Å²) in [4.78, 5) is 15.8. The lowest BCUT2D eigenvalue weighted by Gasteiger charge is -2.03. The molecule has 23 heavy (non-hydrogen) atoms. The maximum atomic E-state index is 11.4. The standard InChI is InChI=1S/C16H15N5O2/c1-17-15(22)13-7-8-14(21-20-13)18-9-12-10-23-16(19-12)11-5-3-2-4-6-11/h2-8,10H,9H2,1H3,(H,17,22)(H,18,21). The average Bonchev–Trinajstić information content (AvgIpc) is 3.09. The van der Waals surface area contributed by atoms with Crippen molar-refractivity contribution in [3.63, 3.8) is 0 Å². The van der Waals surface area contributed by atoms with Gasteiger partial charge in [-0.2, -0.15) is 0 Å². The topological polar surface area (TPSA) is 92.9 Å². The lowest BCUT2D eigenvalue weighted by molar-refractivity contribution is 0.0957. The zero-order valence-corrected chi connectivity index (χ0v) is 12.5. The van der Waals surface area contributed by atoms with E-state index in [0.29, 0.717) is 18.3 Å². The molecule has 3 rings (SSSR count). The Morgan fingerprint density at radius 2 is 1.96 bits per heavy atom. The molecule has 1 aromatic carbocycles. The lowest BCUT2D eigenvalue weighted by Crippen LogP contribution is -2.19. The van der Waals surface area contributed by atoms with Crippen molar-refractivity contribution >= 4 is 11.7 Å². The minimum Gasteiger partial charge on any atom is -0.444 e. The van der Waals surface area contributed by atoms with Gasteiger partial charge in [0.15, 0.2) is 5.69 Å². The molecule has 0 saturated carbocycles. The van der Waals surface area contributed by atoms with Crippen molar-refractivity contribution in [3.05, 3.63) is 60.1 Å². The van der Waals surface area contributed by atoms with Gasteiger partial charge in [-0.15, -0.1) is 10.2 Å². The van der Waals surface area contributed by atoms with Crippen LogP contribution in [0.15, 0.2) is 53.1 Å². The zero-order valence-electron chi connectivity index (χ0n) is 12.5. The van der Waals surface area contributed by atoms with Crippen LogP contribution in [0.2, 0.25) is 0 Å². The summed E-state index contributed by atoms with van der Waals surface area (Å²) in [6, 6.07) is 13.0. The fraction of sp³-hybridized carbons (Fsp3) is 0.125. The van der Waals surface area contributed by atoms with E-state index < -0.39 is 0 Å². The maximum absolute atomic E-state index is 11.4. The normalized spacial score (nSPS) is 10.3. The van der Waals surface area contributed by atoms with Crippen LogP contribution in [0.1, 0.15) is 16.2 Å². The first-order valence-electron chi connectivity index (χ1n) is 7.06. The van der Waals surface area contributed by atoms with E-state index >= 15 is 0 Å². The molecule has 0 bridgehead atoms. The predicted octanol–water partition coefficient (Wildman–Crippen LogP) is 2.10. The summed E-state index contributed by atoms with van der Waals surface area (Å²) in [5, 5.41) is 13.4. The summed E-state index contributed by atoms with van der Waals surface area (Å²) >= 11 is 0. The molecule has 0 atom stereocenters. The second-order valence-corrected chi connectivity index (χ2v) is 4.75. The summed E-state index contributed by atoms with van der Waals surface area (Å²) < 4.78 is 5.46. The van der Waals surface area contributed by atoms with Crippen LogP contribution < -0.4 is 10.6 Å². The Morgan fingerprint density at radius 3 is 2.65 bits per heavy atom. The van der Waals surface area contributed by atoms with E-state index in [2.05, 4.69) is 25.8 Å². The minimum absolute atomic E-state index is 0.269. The van der Waals surface area contributed by atoms with Gasteiger partial charge in [-0.3, -0.25) is 4.79 Å². The molecule has 0 aliphatic rings. The Hall–Kier alpha value is -3.22. The number of aromatic nitrogens is 3. The molecular weight excluding hydrogens is 294 g/mol. The fourth-order valence-corrected chi connectivity index (χ4v) is 1.96. The molecule has 2 N–H and O–H groups in total. The first-order valence-corrected chi connectivity index (χ1v) is 7.06. The van der Waals surface area contributed by atoms with Gasteiger partial charge in [0.2, 0.25) is 5.89 Å². The van der Waals surface area contributed by atoms with Crippen molar-refractivity contribution in [2.45, 2.75) is 6.54 Å². The van der Waals surface area contributed by atoms with Crippen LogP contribution in [-0.2, 0) is 6.54 Å². The molecule has 2 aromatic heterocycles. The first-order chi connectivity index (χ1) is 11.3. The van der Waals surface area contributed by atoms with Gasteiger partial charge in [0.05, 0.1) is 12.2 Å². The SMILES string of the molecule is CNC(=O)c1ccc(NCc2coc(-c3ccccc3)n2)nn1. The molecule has 0 saturated heterocycles. The Labute approximate surface area is 132 Å². The molecule has 0 aliphatic heterocycles. The summed E-state index contributed by atoms with van der Waals surface area (Å²) in [5.74, 6) is 0.860.